The van der Waals surface area contributed by atoms with Crippen LogP contribution in [0.3, 0.4) is 0 Å². The summed E-state index contributed by atoms with van der Waals surface area (Å²) in [7, 11) is -1.57. The number of fused-ring (bicyclic) bond motifs is 1. The number of alkyl halides is 3. The molecule has 2 aromatic carbocycles. The minimum absolute atomic E-state index is 0.108. The number of aromatic nitrogens is 3. The maximum Gasteiger partial charge on any atom is 0.416 e. The average molecular weight is 700 g/mol. The van der Waals surface area contributed by atoms with Gasteiger partial charge in [-0.05, 0) is 82.5 Å². The van der Waals surface area contributed by atoms with Crippen LogP contribution >= 0.6 is 7.14 Å². The Kier molecular flexibility index (Phi) is 10.2. The number of benzene rings is 2. The molecule has 5 rings (SSSR count). The molecule has 1 aliphatic heterocycles. The van der Waals surface area contributed by atoms with Crippen molar-refractivity contribution in [1.29, 1.82) is 0 Å². The molecule has 1 aliphatic rings. The van der Waals surface area contributed by atoms with Crippen molar-refractivity contribution in [1.82, 2.24) is 19.9 Å². The van der Waals surface area contributed by atoms with Gasteiger partial charge in [0.05, 0.1) is 24.1 Å². The van der Waals surface area contributed by atoms with Crippen molar-refractivity contribution in [2.75, 3.05) is 37.8 Å². The van der Waals surface area contributed by atoms with Crippen LogP contribution in [0.1, 0.15) is 61.8 Å². The van der Waals surface area contributed by atoms with Crippen molar-refractivity contribution in [2.24, 2.45) is 0 Å². The molecular formula is C35H41F3N5O5P. The molecule has 0 spiro atoms. The zero-order valence-corrected chi connectivity index (χ0v) is 29.5. The number of aryl methyl sites for hydroxylation is 1. The standard InChI is InChI=1S/C35H41F3N5O5P/c1-21-26(9-8-10-28(21)35(36,37)38)22(2)39-31-27-19-29(49(45)17-15-43(16-18-49)33(44)48-34(4,5)6)42-32(30(27)40-23(3)41-31)47-20-24-11-13-25(46-7)14-12-24/h8-14,19,22H,15-18,20H2,1-7H3,(H,39,40,41)/t22-/m1/s1. The third-order valence-electron chi connectivity index (χ3n) is 8.32. The zero-order chi connectivity index (χ0) is 35.7. The quantitative estimate of drug-likeness (QED) is 0.185. The molecule has 0 aliphatic carbocycles. The number of pyridine rings is 1. The van der Waals surface area contributed by atoms with E-state index in [0.717, 1.165) is 11.6 Å². The Morgan fingerprint density at radius 3 is 2.31 bits per heavy atom. The predicted octanol–water partition coefficient (Wildman–Crippen LogP) is 7.66. The second-order valence-electron chi connectivity index (χ2n) is 13.1. The number of methoxy groups -OCH3 is 1. The zero-order valence-electron chi connectivity index (χ0n) is 28.6. The normalized spacial score (nSPS) is 15.5. The maximum absolute atomic E-state index is 14.5. The monoisotopic (exact) mass is 699 g/mol. The van der Waals surface area contributed by atoms with E-state index in [4.69, 9.17) is 19.2 Å². The van der Waals surface area contributed by atoms with Crippen LogP contribution in [0.5, 0.6) is 11.6 Å². The molecule has 1 amide bonds. The van der Waals surface area contributed by atoms with Gasteiger partial charge in [-0.25, -0.2) is 19.7 Å². The van der Waals surface area contributed by atoms with Gasteiger partial charge >= 0.3 is 12.3 Å². The highest BCUT2D eigenvalue weighted by Crippen LogP contribution is 2.47. The van der Waals surface area contributed by atoms with Crippen LogP contribution in [-0.2, 0) is 22.1 Å². The van der Waals surface area contributed by atoms with Crippen molar-refractivity contribution in [3.05, 3.63) is 76.6 Å². The van der Waals surface area contributed by atoms with Gasteiger partial charge in [0.2, 0.25) is 5.88 Å². The fourth-order valence-electron chi connectivity index (χ4n) is 5.73. The maximum atomic E-state index is 14.5. The van der Waals surface area contributed by atoms with E-state index in [-0.39, 0.29) is 43.5 Å². The van der Waals surface area contributed by atoms with E-state index in [1.165, 1.54) is 13.0 Å². The van der Waals surface area contributed by atoms with E-state index in [0.29, 0.717) is 39.3 Å². The molecule has 0 unspecified atom stereocenters. The Morgan fingerprint density at radius 2 is 1.69 bits per heavy atom. The third kappa shape index (κ3) is 8.26. The lowest BCUT2D eigenvalue weighted by Gasteiger charge is -2.33. The molecule has 3 heterocycles. The number of halogens is 3. The molecule has 1 saturated heterocycles. The van der Waals surface area contributed by atoms with E-state index in [9.17, 15) is 22.5 Å². The average Bonchev–Trinajstić information content (AvgIpc) is 3.02. The van der Waals surface area contributed by atoms with Crippen LogP contribution in [-0.4, -0.2) is 64.1 Å². The molecule has 4 aromatic rings. The van der Waals surface area contributed by atoms with Crippen molar-refractivity contribution in [3.8, 4) is 11.6 Å². The molecule has 1 atom stereocenters. The van der Waals surface area contributed by atoms with Crippen LogP contribution in [0.4, 0.5) is 23.8 Å². The molecule has 1 N–H and O–H groups in total. The number of hydrogen-bond donors (Lipinski definition) is 1. The molecular weight excluding hydrogens is 658 g/mol. The van der Waals surface area contributed by atoms with Gasteiger partial charge in [0.1, 0.15) is 47.7 Å². The van der Waals surface area contributed by atoms with E-state index in [1.54, 1.807) is 58.8 Å². The number of amides is 1. The first-order chi connectivity index (χ1) is 23.0. The summed E-state index contributed by atoms with van der Waals surface area (Å²) in [6.45, 7) is 10.8. The Balaban J connectivity index is 1.54. The number of anilines is 1. The van der Waals surface area contributed by atoms with E-state index in [1.807, 2.05) is 24.3 Å². The topological polar surface area (TPSA) is 116 Å². The van der Waals surface area contributed by atoms with Crippen LogP contribution in [0, 0.1) is 13.8 Å². The lowest BCUT2D eigenvalue weighted by molar-refractivity contribution is -0.138. The molecule has 14 heteroatoms. The van der Waals surface area contributed by atoms with Crippen molar-refractivity contribution < 1.29 is 36.7 Å². The van der Waals surface area contributed by atoms with Crippen molar-refractivity contribution in [2.45, 2.75) is 66.0 Å². The molecule has 0 bridgehead atoms. The summed E-state index contributed by atoms with van der Waals surface area (Å²) in [5, 5.41) is 3.75. The number of nitrogens with one attached hydrogen (secondary N) is 1. The van der Waals surface area contributed by atoms with Gasteiger partial charge < -0.3 is 29.0 Å². The van der Waals surface area contributed by atoms with Gasteiger partial charge in [-0.15, -0.1) is 0 Å². The molecule has 49 heavy (non-hydrogen) atoms. The highest BCUT2D eigenvalue weighted by atomic mass is 31.2. The first-order valence-electron chi connectivity index (χ1n) is 15.9. The minimum atomic E-state index is -4.50. The molecule has 10 nitrogen and oxygen atoms in total. The molecule has 1 fully saturated rings. The van der Waals surface area contributed by atoms with Gasteiger partial charge in [-0.3, -0.25) is 0 Å². The number of carbonyl (C=O) groups excluding carboxylic acids is 1. The SMILES string of the molecule is COc1ccc(COc2nc(P3(=O)CCN(C(=O)OC(C)(C)C)CC3)cc3c(N[C@H](C)c4cccc(C(F)(F)F)c4C)nc(C)nc23)cc1. The number of hydrogen-bond acceptors (Lipinski definition) is 9. The molecule has 0 radical (unpaired) electrons. The fourth-order valence-corrected chi connectivity index (χ4v) is 8.18. The van der Waals surface area contributed by atoms with Gasteiger partial charge in [0.15, 0.2) is 0 Å². The second kappa shape index (κ2) is 13.9. The second-order valence-corrected chi connectivity index (χ2v) is 16.3. The Morgan fingerprint density at radius 1 is 1.02 bits per heavy atom. The van der Waals surface area contributed by atoms with Gasteiger partial charge in [0.25, 0.3) is 0 Å². The summed E-state index contributed by atoms with van der Waals surface area (Å²) in [6.07, 6.45) is -4.61. The lowest BCUT2D eigenvalue weighted by atomic mass is 9.97. The molecule has 0 saturated carbocycles. The Hall–Kier alpha value is -4.38. The highest BCUT2D eigenvalue weighted by Gasteiger charge is 2.37. The number of carbonyl (C=O) groups is 1. The summed E-state index contributed by atoms with van der Waals surface area (Å²) in [5.41, 5.74) is 0.671. The minimum Gasteiger partial charge on any atom is -0.497 e. The van der Waals surface area contributed by atoms with Crippen LogP contribution in [0.15, 0.2) is 48.5 Å². The Bertz CT molecular complexity index is 1880. The third-order valence-corrected chi connectivity index (χ3v) is 11.2. The summed E-state index contributed by atoms with van der Waals surface area (Å²) in [4.78, 5) is 28.3. The van der Waals surface area contributed by atoms with E-state index >= 15 is 0 Å². The number of rotatable bonds is 8. The van der Waals surface area contributed by atoms with E-state index < -0.39 is 36.6 Å². The Labute approximate surface area is 283 Å². The van der Waals surface area contributed by atoms with Gasteiger partial charge in [-0.2, -0.15) is 13.2 Å². The summed E-state index contributed by atoms with van der Waals surface area (Å²) >= 11 is 0. The van der Waals surface area contributed by atoms with Gasteiger partial charge in [-0.1, -0.05) is 24.3 Å². The first kappa shape index (κ1) is 35.9. The molecule has 262 valence electrons. The number of nitrogens with zero attached hydrogens (tertiary/aromatic N) is 4. The fraction of sp³-hybridized carbons (Fsp3) is 0.429. The summed E-state index contributed by atoms with van der Waals surface area (Å²) in [6, 6.07) is 12.5. The number of ether oxygens (including phenoxy) is 3. The van der Waals surface area contributed by atoms with Crippen molar-refractivity contribution >= 4 is 35.4 Å². The van der Waals surface area contributed by atoms with Crippen LogP contribution < -0.4 is 20.2 Å². The predicted molar refractivity (Wildman–Crippen MR) is 182 cm³/mol. The smallest absolute Gasteiger partial charge is 0.416 e. The van der Waals surface area contributed by atoms with Crippen molar-refractivity contribution in [3.63, 3.8) is 0 Å². The first-order valence-corrected chi connectivity index (χ1v) is 18.0. The highest BCUT2D eigenvalue weighted by molar-refractivity contribution is 7.71. The summed E-state index contributed by atoms with van der Waals surface area (Å²) < 4.78 is 72.8. The van der Waals surface area contributed by atoms with Gasteiger partial charge in [0, 0.05) is 25.4 Å². The lowest BCUT2D eigenvalue weighted by Crippen LogP contribution is -2.44. The molecule has 2 aromatic heterocycles. The van der Waals surface area contributed by atoms with E-state index in [2.05, 4.69) is 15.3 Å². The summed E-state index contributed by atoms with van der Waals surface area (Å²) in [5.74, 6) is 1.55. The largest absolute Gasteiger partial charge is 0.497 e. The van der Waals surface area contributed by atoms with Crippen LogP contribution in [0.25, 0.3) is 10.9 Å². The van der Waals surface area contributed by atoms with Crippen LogP contribution in [0.2, 0.25) is 0 Å².